The Morgan fingerprint density at radius 3 is 2.87 bits per heavy atom. The molecule has 2 fully saturated rings. The average Bonchev–Trinajstić information content (AvgIpc) is 3.54. The molecule has 4 N–H and O–H groups in total. The van der Waals surface area contributed by atoms with Gasteiger partial charge in [-0.25, -0.2) is 19.2 Å². The first-order chi connectivity index (χ1) is 15.0. The normalized spacial score (nSPS) is 16.0. The van der Waals surface area contributed by atoms with E-state index in [2.05, 4.69) is 20.0 Å². The van der Waals surface area contributed by atoms with Crippen LogP contribution in [0, 0.1) is 5.82 Å². The summed E-state index contributed by atoms with van der Waals surface area (Å²) in [5.74, 6) is 0.632. The fourth-order valence-corrected chi connectivity index (χ4v) is 3.56. The summed E-state index contributed by atoms with van der Waals surface area (Å²) in [5, 5.41) is 14.6. The Balaban J connectivity index is 1.59. The molecule has 1 aliphatic heterocycles. The van der Waals surface area contributed by atoms with E-state index in [0.29, 0.717) is 35.7 Å². The SMILES string of the molecule is CON=C1CN(c2ncc(-c3cccc(CN=C(N)NC(=O)O)c3F)cc2C2CC2)C1. The molecular formula is C21H23FN6O3. The van der Waals surface area contributed by atoms with Crippen LogP contribution in [0.3, 0.4) is 0 Å². The lowest BCUT2D eigenvalue weighted by atomic mass is 9.99. The van der Waals surface area contributed by atoms with Crippen LogP contribution in [0.25, 0.3) is 11.1 Å². The molecule has 0 unspecified atom stereocenters. The molecule has 0 bridgehead atoms. The summed E-state index contributed by atoms with van der Waals surface area (Å²) in [6, 6.07) is 7.04. The van der Waals surface area contributed by atoms with Crippen molar-refractivity contribution in [2.45, 2.75) is 25.3 Å². The zero-order chi connectivity index (χ0) is 22.0. The zero-order valence-corrected chi connectivity index (χ0v) is 17.0. The fourth-order valence-electron chi connectivity index (χ4n) is 3.56. The van der Waals surface area contributed by atoms with Gasteiger partial charge in [-0.3, -0.25) is 5.32 Å². The lowest BCUT2D eigenvalue weighted by molar-refractivity contribution is 0.200. The molecule has 0 atom stereocenters. The number of nitrogens with two attached hydrogens (primary N) is 1. The summed E-state index contributed by atoms with van der Waals surface area (Å²) in [4.78, 5) is 26.1. The van der Waals surface area contributed by atoms with E-state index in [4.69, 9.17) is 15.7 Å². The van der Waals surface area contributed by atoms with Crippen molar-refractivity contribution in [1.82, 2.24) is 10.3 Å². The van der Waals surface area contributed by atoms with Gasteiger partial charge in [-0.05, 0) is 30.4 Å². The molecule has 0 radical (unpaired) electrons. The van der Waals surface area contributed by atoms with E-state index in [-0.39, 0.29) is 12.5 Å². The van der Waals surface area contributed by atoms with E-state index in [1.165, 1.54) is 7.11 Å². The van der Waals surface area contributed by atoms with Crippen molar-refractivity contribution in [3.8, 4) is 11.1 Å². The van der Waals surface area contributed by atoms with Gasteiger partial charge in [-0.2, -0.15) is 0 Å². The molecule has 162 valence electrons. The lowest BCUT2D eigenvalue weighted by Crippen LogP contribution is -2.48. The summed E-state index contributed by atoms with van der Waals surface area (Å²) < 4.78 is 15.2. The number of aromatic nitrogens is 1. The highest BCUT2D eigenvalue weighted by atomic mass is 19.1. The number of anilines is 1. The van der Waals surface area contributed by atoms with Gasteiger partial charge < -0.3 is 20.6 Å². The number of pyridine rings is 1. The molecular weight excluding hydrogens is 403 g/mol. The largest absolute Gasteiger partial charge is 0.465 e. The van der Waals surface area contributed by atoms with E-state index in [1.807, 2.05) is 11.4 Å². The minimum atomic E-state index is -1.32. The number of nitrogens with one attached hydrogen (secondary N) is 1. The van der Waals surface area contributed by atoms with Crippen molar-refractivity contribution in [3.63, 3.8) is 0 Å². The highest BCUT2D eigenvalue weighted by Gasteiger charge is 2.33. The zero-order valence-electron chi connectivity index (χ0n) is 17.0. The Morgan fingerprint density at radius 2 is 2.19 bits per heavy atom. The van der Waals surface area contributed by atoms with Crippen LogP contribution in [-0.2, 0) is 11.4 Å². The van der Waals surface area contributed by atoms with Gasteiger partial charge in [-0.15, -0.1) is 0 Å². The Morgan fingerprint density at radius 1 is 1.42 bits per heavy atom. The van der Waals surface area contributed by atoms with Crippen LogP contribution in [0.1, 0.15) is 29.9 Å². The maximum absolute atomic E-state index is 15.2. The molecule has 1 saturated heterocycles. The second kappa shape index (κ2) is 8.58. The summed E-state index contributed by atoms with van der Waals surface area (Å²) in [6.45, 7) is 1.27. The fraction of sp³-hybridized carbons (Fsp3) is 0.333. The Bertz CT molecular complexity index is 1060. The number of carboxylic acid groups (broad SMARTS) is 1. The van der Waals surface area contributed by atoms with Gasteiger partial charge in [-0.1, -0.05) is 23.4 Å². The van der Waals surface area contributed by atoms with Gasteiger partial charge >= 0.3 is 6.09 Å². The maximum Gasteiger partial charge on any atom is 0.411 e. The van der Waals surface area contributed by atoms with Crippen LogP contribution in [0.4, 0.5) is 15.0 Å². The number of halogens is 1. The smallest absolute Gasteiger partial charge is 0.411 e. The first kappa shape index (κ1) is 20.6. The van der Waals surface area contributed by atoms with E-state index in [1.54, 1.807) is 24.4 Å². The topological polar surface area (TPSA) is 125 Å². The lowest BCUT2D eigenvalue weighted by Gasteiger charge is -2.34. The van der Waals surface area contributed by atoms with Crippen molar-refractivity contribution in [1.29, 1.82) is 0 Å². The third-order valence-corrected chi connectivity index (χ3v) is 5.22. The van der Waals surface area contributed by atoms with Crippen molar-refractivity contribution in [3.05, 3.63) is 47.4 Å². The molecule has 2 heterocycles. The quantitative estimate of drug-likeness (QED) is 0.370. The summed E-state index contributed by atoms with van der Waals surface area (Å²) in [5.41, 5.74) is 8.98. The molecule has 1 aliphatic carbocycles. The summed E-state index contributed by atoms with van der Waals surface area (Å²) in [6.07, 6.45) is 2.55. The Kier molecular flexibility index (Phi) is 5.70. The predicted molar refractivity (Wildman–Crippen MR) is 115 cm³/mol. The minimum absolute atomic E-state index is 0.0812. The first-order valence-electron chi connectivity index (χ1n) is 9.87. The number of rotatable bonds is 6. The summed E-state index contributed by atoms with van der Waals surface area (Å²) >= 11 is 0. The van der Waals surface area contributed by atoms with E-state index < -0.39 is 11.9 Å². The number of guanidine groups is 1. The van der Waals surface area contributed by atoms with E-state index >= 15 is 4.39 Å². The van der Waals surface area contributed by atoms with Crippen LogP contribution in [0.2, 0.25) is 0 Å². The van der Waals surface area contributed by atoms with Crippen LogP contribution in [0.5, 0.6) is 0 Å². The predicted octanol–water partition coefficient (Wildman–Crippen LogP) is 2.67. The molecule has 1 amide bonds. The van der Waals surface area contributed by atoms with Crippen LogP contribution in [0.15, 0.2) is 40.6 Å². The number of hydrogen-bond donors (Lipinski definition) is 3. The van der Waals surface area contributed by atoms with Gasteiger partial charge in [0.05, 0.1) is 25.3 Å². The molecule has 1 aromatic carbocycles. The molecule has 10 heteroatoms. The average molecular weight is 426 g/mol. The highest BCUT2D eigenvalue weighted by molar-refractivity contribution is 5.99. The number of nitrogens with zero attached hydrogens (tertiary/aromatic N) is 4. The second-order valence-corrected chi connectivity index (χ2v) is 7.52. The molecule has 31 heavy (non-hydrogen) atoms. The molecule has 2 aromatic rings. The third kappa shape index (κ3) is 4.57. The number of benzene rings is 1. The second-order valence-electron chi connectivity index (χ2n) is 7.52. The van der Waals surface area contributed by atoms with Gasteiger partial charge in [0.2, 0.25) is 0 Å². The van der Waals surface area contributed by atoms with Gasteiger partial charge in [0.1, 0.15) is 18.7 Å². The Hall–Kier alpha value is -3.69. The molecule has 2 aliphatic rings. The van der Waals surface area contributed by atoms with Gasteiger partial charge in [0.25, 0.3) is 0 Å². The van der Waals surface area contributed by atoms with Gasteiger partial charge in [0.15, 0.2) is 5.96 Å². The molecule has 0 spiro atoms. The highest BCUT2D eigenvalue weighted by Crippen LogP contribution is 2.45. The first-order valence-corrected chi connectivity index (χ1v) is 9.87. The molecule has 1 saturated carbocycles. The van der Waals surface area contributed by atoms with E-state index in [9.17, 15) is 4.79 Å². The number of aliphatic imine (C=N–C) groups is 1. The van der Waals surface area contributed by atoms with Crippen molar-refractivity contribution < 1.29 is 19.1 Å². The van der Waals surface area contributed by atoms with Crippen molar-refractivity contribution in [2.24, 2.45) is 15.9 Å². The number of carbonyl (C=O) groups is 1. The number of amides is 1. The van der Waals surface area contributed by atoms with Crippen molar-refractivity contribution in [2.75, 3.05) is 25.1 Å². The van der Waals surface area contributed by atoms with E-state index in [0.717, 1.165) is 29.9 Å². The molecule has 9 nitrogen and oxygen atoms in total. The minimum Gasteiger partial charge on any atom is -0.465 e. The number of hydrogen-bond acceptors (Lipinski definition) is 6. The Labute approximate surface area is 178 Å². The van der Waals surface area contributed by atoms with Crippen LogP contribution in [-0.4, -0.2) is 48.1 Å². The maximum atomic E-state index is 15.2. The standard InChI is InChI=1S/C21H23FN6O3/c1-31-27-15-10-28(11-15)19-17(12-5-6-12)7-14(9-24-19)16-4-2-3-13(18(16)22)8-25-20(23)26-21(29)30/h2-4,7,9,12H,5-6,8,10-11H2,1H3,(H,29,30)(H3,23,25,26). The third-order valence-electron chi connectivity index (χ3n) is 5.22. The van der Waals surface area contributed by atoms with Crippen LogP contribution >= 0.6 is 0 Å². The monoisotopic (exact) mass is 426 g/mol. The summed E-state index contributed by atoms with van der Waals surface area (Å²) in [7, 11) is 1.53. The molecule has 4 rings (SSSR count). The van der Waals surface area contributed by atoms with Crippen molar-refractivity contribution >= 4 is 23.6 Å². The molecule has 1 aromatic heterocycles. The number of oxime groups is 1. The van der Waals surface area contributed by atoms with Gasteiger partial charge in [0, 0.05) is 22.9 Å². The van der Waals surface area contributed by atoms with Crippen LogP contribution < -0.4 is 16.0 Å².